The average Bonchev–Trinajstić information content (AvgIpc) is 3.10. The molecule has 0 spiro atoms. The van der Waals surface area contributed by atoms with Crippen LogP contribution >= 0.6 is 0 Å². The molecule has 32 heavy (non-hydrogen) atoms. The first-order chi connectivity index (χ1) is 15.2. The number of ketones is 1. The average molecular weight is 436 g/mol. The largest absolute Gasteiger partial charge is 0.458 e. The monoisotopic (exact) mass is 435 g/mol. The molecular weight excluding hydrogens is 406 g/mol. The Morgan fingerprint density at radius 1 is 1.09 bits per heavy atom. The Morgan fingerprint density at radius 2 is 1.84 bits per heavy atom. The van der Waals surface area contributed by atoms with Gasteiger partial charge in [-0.2, -0.15) is 0 Å². The van der Waals surface area contributed by atoms with Gasteiger partial charge in [0, 0.05) is 23.0 Å². The molecule has 1 aromatic rings. The second-order valence-corrected chi connectivity index (χ2v) is 10.4. The Balaban J connectivity index is 1.33. The van der Waals surface area contributed by atoms with Crippen LogP contribution in [0.15, 0.2) is 48.1 Å². The lowest BCUT2D eigenvalue weighted by Gasteiger charge is -2.56. The third kappa shape index (κ3) is 3.14. The Bertz CT molecular complexity index is 1040. The van der Waals surface area contributed by atoms with Gasteiger partial charge in [0.25, 0.3) is 5.69 Å². The summed E-state index contributed by atoms with van der Waals surface area (Å²) in [5.41, 5.74) is 1.52. The standard InChI is InChI=1S/C26H29NO5/c1-25-13-11-19(28)15-17(25)5-8-20-21-9-10-23(26(21,2)14-12-22(20)25)32-24(29)16-3-6-18(7-4-16)27(30)31/h3-4,6-7,11,13,15,20-23H,5,8-10,12,14H2,1-2H3/t20-,21-,22-,23+,25-,26-/m0/s1. The van der Waals surface area contributed by atoms with Gasteiger partial charge in [-0.25, -0.2) is 4.79 Å². The van der Waals surface area contributed by atoms with Crippen LogP contribution in [0.4, 0.5) is 5.69 Å². The molecule has 3 saturated carbocycles. The molecule has 0 radical (unpaired) electrons. The lowest BCUT2D eigenvalue weighted by Crippen LogP contribution is -2.51. The van der Waals surface area contributed by atoms with E-state index in [1.807, 2.05) is 6.08 Å². The second-order valence-electron chi connectivity index (χ2n) is 10.4. The number of carbonyl (C=O) groups is 2. The van der Waals surface area contributed by atoms with E-state index in [1.54, 1.807) is 6.08 Å². The number of nitro groups is 1. The number of hydrogen-bond donors (Lipinski definition) is 0. The zero-order chi connectivity index (χ0) is 22.7. The number of benzene rings is 1. The number of nitrogens with zero attached hydrogens (tertiary/aromatic N) is 1. The minimum absolute atomic E-state index is 0.0360. The van der Waals surface area contributed by atoms with Gasteiger partial charge in [-0.05, 0) is 80.6 Å². The Morgan fingerprint density at radius 3 is 2.56 bits per heavy atom. The summed E-state index contributed by atoms with van der Waals surface area (Å²) in [5.74, 6) is 1.30. The van der Waals surface area contributed by atoms with Crippen LogP contribution in [-0.4, -0.2) is 22.8 Å². The fourth-order valence-corrected chi connectivity index (χ4v) is 7.26. The van der Waals surface area contributed by atoms with Crippen LogP contribution in [0.25, 0.3) is 0 Å². The minimum Gasteiger partial charge on any atom is -0.458 e. The van der Waals surface area contributed by atoms with E-state index in [0.29, 0.717) is 23.3 Å². The first-order valence-electron chi connectivity index (χ1n) is 11.6. The van der Waals surface area contributed by atoms with Gasteiger partial charge < -0.3 is 4.74 Å². The number of non-ortho nitro benzene ring substituents is 1. The first-order valence-corrected chi connectivity index (χ1v) is 11.6. The minimum atomic E-state index is -0.473. The van der Waals surface area contributed by atoms with Gasteiger partial charge in [0.1, 0.15) is 6.10 Å². The predicted molar refractivity (Wildman–Crippen MR) is 119 cm³/mol. The Hall–Kier alpha value is -2.76. The molecule has 6 atom stereocenters. The smallest absolute Gasteiger partial charge is 0.338 e. The van der Waals surface area contributed by atoms with Crippen molar-refractivity contribution in [1.82, 2.24) is 0 Å². The zero-order valence-electron chi connectivity index (χ0n) is 18.6. The van der Waals surface area contributed by atoms with Crippen molar-refractivity contribution in [1.29, 1.82) is 0 Å². The van der Waals surface area contributed by atoms with E-state index in [4.69, 9.17) is 4.74 Å². The van der Waals surface area contributed by atoms with Crippen LogP contribution in [0.2, 0.25) is 0 Å². The van der Waals surface area contributed by atoms with Gasteiger partial charge in [-0.1, -0.05) is 25.5 Å². The lowest BCUT2D eigenvalue weighted by atomic mass is 9.48. The summed E-state index contributed by atoms with van der Waals surface area (Å²) in [5, 5.41) is 10.9. The zero-order valence-corrected chi connectivity index (χ0v) is 18.6. The maximum Gasteiger partial charge on any atom is 0.338 e. The molecular formula is C26H29NO5. The molecule has 0 heterocycles. The van der Waals surface area contributed by atoms with Crippen molar-refractivity contribution in [2.75, 3.05) is 0 Å². The second kappa shape index (κ2) is 7.39. The molecule has 0 amide bonds. The highest BCUT2D eigenvalue weighted by molar-refractivity contribution is 6.01. The van der Waals surface area contributed by atoms with Crippen LogP contribution in [0, 0.1) is 38.7 Å². The molecule has 4 aliphatic carbocycles. The molecule has 5 rings (SSSR count). The van der Waals surface area contributed by atoms with Crippen molar-refractivity contribution in [2.24, 2.45) is 28.6 Å². The maximum absolute atomic E-state index is 12.8. The fourth-order valence-electron chi connectivity index (χ4n) is 7.26. The summed E-state index contributed by atoms with van der Waals surface area (Å²) in [6, 6.07) is 5.63. The number of allylic oxidation sites excluding steroid dienone is 4. The highest BCUT2D eigenvalue weighted by Gasteiger charge is 2.59. The molecule has 0 aliphatic heterocycles. The van der Waals surface area contributed by atoms with E-state index < -0.39 is 10.9 Å². The van der Waals surface area contributed by atoms with E-state index >= 15 is 0 Å². The lowest BCUT2D eigenvalue weighted by molar-refractivity contribution is -0.384. The predicted octanol–water partition coefficient (Wildman–Crippen LogP) is 5.43. The van der Waals surface area contributed by atoms with Crippen LogP contribution in [0.5, 0.6) is 0 Å². The van der Waals surface area contributed by atoms with Crippen LogP contribution in [0.3, 0.4) is 0 Å². The molecule has 6 heteroatoms. The molecule has 0 bridgehead atoms. The number of hydrogen-bond acceptors (Lipinski definition) is 5. The van der Waals surface area contributed by atoms with E-state index in [9.17, 15) is 19.7 Å². The van der Waals surface area contributed by atoms with Gasteiger partial charge in [-0.3, -0.25) is 14.9 Å². The number of ether oxygens (including phenoxy) is 1. The number of esters is 1. The van der Waals surface area contributed by atoms with Gasteiger partial charge >= 0.3 is 5.97 Å². The van der Waals surface area contributed by atoms with Crippen molar-refractivity contribution >= 4 is 17.4 Å². The van der Waals surface area contributed by atoms with Crippen molar-refractivity contribution in [2.45, 2.75) is 58.5 Å². The van der Waals surface area contributed by atoms with Gasteiger partial charge in [-0.15, -0.1) is 0 Å². The third-order valence-electron chi connectivity index (χ3n) is 9.03. The molecule has 0 aromatic heterocycles. The molecule has 0 saturated heterocycles. The SMILES string of the molecule is C[C@]12CC[C@H]3[C@@H](CCC4=CC(=O)C=C[C@@]43C)[C@@H]1CC[C@H]2OC(=O)c1ccc([N+](=O)[O-])cc1. The number of fused-ring (bicyclic) bond motifs is 5. The summed E-state index contributed by atoms with van der Waals surface area (Å²) < 4.78 is 6.02. The van der Waals surface area contributed by atoms with E-state index in [-0.39, 0.29) is 28.4 Å². The number of rotatable bonds is 3. The highest BCUT2D eigenvalue weighted by atomic mass is 16.6. The van der Waals surface area contributed by atoms with Crippen LogP contribution in [0.1, 0.15) is 62.7 Å². The summed E-state index contributed by atoms with van der Waals surface area (Å²) >= 11 is 0. The molecule has 0 unspecified atom stereocenters. The molecule has 4 aliphatic rings. The Labute approximate surface area is 187 Å². The van der Waals surface area contributed by atoms with Gasteiger partial charge in [0.15, 0.2) is 5.78 Å². The summed E-state index contributed by atoms with van der Waals surface area (Å²) in [7, 11) is 0. The van der Waals surface area contributed by atoms with Crippen LogP contribution in [-0.2, 0) is 9.53 Å². The molecule has 1 aromatic carbocycles. The highest BCUT2D eigenvalue weighted by Crippen LogP contribution is 2.64. The first kappa shape index (κ1) is 21.1. The number of carbonyl (C=O) groups excluding carboxylic acids is 2. The third-order valence-corrected chi connectivity index (χ3v) is 9.03. The summed E-state index contributed by atoms with van der Waals surface area (Å²) in [4.78, 5) is 35.1. The fraction of sp³-hybridized carbons (Fsp3) is 0.538. The normalized spacial score (nSPS) is 37.7. The topological polar surface area (TPSA) is 86.5 Å². The molecule has 3 fully saturated rings. The van der Waals surface area contributed by atoms with E-state index in [2.05, 4.69) is 19.9 Å². The maximum atomic E-state index is 12.8. The molecule has 0 N–H and O–H groups in total. The van der Waals surface area contributed by atoms with Crippen LogP contribution < -0.4 is 0 Å². The summed E-state index contributed by atoms with van der Waals surface area (Å²) in [6.07, 6.45) is 11.6. The van der Waals surface area contributed by atoms with Crippen molar-refractivity contribution in [3.63, 3.8) is 0 Å². The van der Waals surface area contributed by atoms with E-state index in [0.717, 1.165) is 38.5 Å². The number of nitro benzene ring substituents is 1. The van der Waals surface area contributed by atoms with Crippen molar-refractivity contribution < 1.29 is 19.2 Å². The van der Waals surface area contributed by atoms with Gasteiger partial charge in [0.05, 0.1) is 10.5 Å². The molecule has 6 nitrogen and oxygen atoms in total. The molecule has 168 valence electrons. The quantitative estimate of drug-likeness (QED) is 0.359. The van der Waals surface area contributed by atoms with Gasteiger partial charge in [0.2, 0.25) is 0 Å². The van der Waals surface area contributed by atoms with Crippen molar-refractivity contribution in [3.05, 3.63) is 63.7 Å². The Kier molecular flexibility index (Phi) is 4.88. The van der Waals surface area contributed by atoms with E-state index in [1.165, 1.54) is 29.8 Å². The van der Waals surface area contributed by atoms with Crippen molar-refractivity contribution in [3.8, 4) is 0 Å². The summed E-state index contributed by atoms with van der Waals surface area (Å²) in [6.45, 7) is 4.57.